The van der Waals surface area contributed by atoms with E-state index in [1.165, 1.54) is 5.56 Å². The molecule has 0 saturated carbocycles. The number of rotatable bonds is 2. The average molecular weight is 194 g/mol. The van der Waals surface area contributed by atoms with Crippen molar-refractivity contribution in [1.82, 2.24) is 10.6 Å². The molecule has 1 unspecified atom stereocenters. The van der Waals surface area contributed by atoms with Crippen LogP contribution in [0.5, 0.6) is 0 Å². The number of hydrogen-bond donors (Lipinski definition) is 2. The maximum atomic E-state index is 5.01. The first-order valence-corrected chi connectivity index (χ1v) is 4.68. The van der Waals surface area contributed by atoms with Crippen LogP contribution >= 0.6 is 12.2 Å². The molecule has 13 heavy (non-hydrogen) atoms. The Morgan fingerprint density at radius 1 is 1.31 bits per heavy atom. The molecule has 2 nitrogen and oxygen atoms in total. The summed E-state index contributed by atoms with van der Waals surface area (Å²) in [6, 6.07) is 10.5. The van der Waals surface area contributed by atoms with Gasteiger partial charge in [-0.2, -0.15) is 0 Å². The summed E-state index contributed by atoms with van der Waals surface area (Å²) < 4.78 is 0. The molecule has 0 heterocycles. The van der Waals surface area contributed by atoms with Gasteiger partial charge < -0.3 is 10.6 Å². The number of benzene rings is 1. The third-order valence-corrected chi connectivity index (χ3v) is 2.20. The lowest BCUT2D eigenvalue weighted by Crippen LogP contribution is -2.34. The van der Waals surface area contributed by atoms with Crippen LogP contribution in [0.25, 0.3) is 0 Å². The van der Waals surface area contributed by atoms with E-state index in [0.717, 1.165) is 0 Å². The van der Waals surface area contributed by atoms with Gasteiger partial charge in [-0.1, -0.05) is 30.3 Å². The highest BCUT2D eigenvalue weighted by molar-refractivity contribution is 7.80. The minimum Gasteiger partial charge on any atom is -0.366 e. The Kier molecular flexibility index (Phi) is 3.71. The van der Waals surface area contributed by atoms with Gasteiger partial charge >= 0.3 is 0 Å². The van der Waals surface area contributed by atoms with E-state index in [1.807, 2.05) is 25.2 Å². The zero-order valence-electron chi connectivity index (χ0n) is 7.87. The van der Waals surface area contributed by atoms with Crippen molar-refractivity contribution in [2.45, 2.75) is 13.0 Å². The largest absolute Gasteiger partial charge is 0.366 e. The SMILES string of the molecule is CNC(=S)NC(C)c1ccccc1. The molecule has 0 saturated heterocycles. The Morgan fingerprint density at radius 3 is 2.46 bits per heavy atom. The van der Waals surface area contributed by atoms with E-state index in [9.17, 15) is 0 Å². The lowest BCUT2D eigenvalue weighted by Gasteiger charge is -2.15. The van der Waals surface area contributed by atoms with E-state index < -0.39 is 0 Å². The van der Waals surface area contributed by atoms with Gasteiger partial charge in [0.2, 0.25) is 0 Å². The van der Waals surface area contributed by atoms with Crippen molar-refractivity contribution in [3.05, 3.63) is 35.9 Å². The standard InChI is InChI=1S/C10H14N2S/c1-8(12-10(13)11-2)9-6-4-3-5-7-9/h3-8H,1-2H3,(H2,11,12,13). The Balaban J connectivity index is 2.59. The van der Waals surface area contributed by atoms with Gasteiger partial charge in [-0.15, -0.1) is 0 Å². The molecule has 0 aromatic heterocycles. The molecular weight excluding hydrogens is 180 g/mol. The Labute approximate surface area is 84.3 Å². The van der Waals surface area contributed by atoms with Crippen LogP contribution in [0.3, 0.4) is 0 Å². The smallest absolute Gasteiger partial charge is 0.166 e. The molecule has 2 N–H and O–H groups in total. The summed E-state index contributed by atoms with van der Waals surface area (Å²) in [6.45, 7) is 2.08. The van der Waals surface area contributed by atoms with Crippen LogP contribution in [-0.2, 0) is 0 Å². The summed E-state index contributed by atoms with van der Waals surface area (Å²) in [4.78, 5) is 0. The van der Waals surface area contributed by atoms with Crippen molar-refractivity contribution < 1.29 is 0 Å². The molecule has 0 radical (unpaired) electrons. The lowest BCUT2D eigenvalue weighted by atomic mass is 10.1. The molecule has 0 aliphatic rings. The average Bonchev–Trinajstić information content (AvgIpc) is 2.19. The number of hydrogen-bond acceptors (Lipinski definition) is 1. The number of thiocarbonyl (C=S) groups is 1. The zero-order chi connectivity index (χ0) is 9.68. The molecule has 1 atom stereocenters. The molecule has 3 heteroatoms. The first-order chi connectivity index (χ1) is 6.24. The van der Waals surface area contributed by atoms with Crippen LogP contribution < -0.4 is 10.6 Å². The summed E-state index contributed by atoms with van der Waals surface area (Å²) in [5, 5.41) is 6.73. The molecule has 0 aliphatic heterocycles. The third-order valence-electron chi connectivity index (χ3n) is 1.87. The van der Waals surface area contributed by atoms with Crippen molar-refractivity contribution in [3.8, 4) is 0 Å². The van der Waals surface area contributed by atoms with Crippen LogP contribution in [0.2, 0.25) is 0 Å². The van der Waals surface area contributed by atoms with Crippen molar-refractivity contribution in [3.63, 3.8) is 0 Å². The maximum absolute atomic E-state index is 5.01. The van der Waals surface area contributed by atoms with E-state index in [4.69, 9.17) is 12.2 Å². The quantitative estimate of drug-likeness (QED) is 0.703. The zero-order valence-corrected chi connectivity index (χ0v) is 8.69. The highest BCUT2D eigenvalue weighted by Gasteiger charge is 2.03. The highest BCUT2D eigenvalue weighted by Crippen LogP contribution is 2.10. The van der Waals surface area contributed by atoms with Gasteiger partial charge in [0.15, 0.2) is 5.11 Å². The highest BCUT2D eigenvalue weighted by atomic mass is 32.1. The van der Waals surface area contributed by atoms with E-state index in [0.29, 0.717) is 5.11 Å². The third kappa shape index (κ3) is 3.03. The second kappa shape index (κ2) is 4.82. The van der Waals surface area contributed by atoms with E-state index in [2.05, 4.69) is 29.7 Å². The summed E-state index contributed by atoms with van der Waals surface area (Å²) in [7, 11) is 1.81. The fourth-order valence-electron chi connectivity index (χ4n) is 1.09. The molecule has 70 valence electrons. The summed E-state index contributed by atoms with van der Waals surface area (Å²) in [5.41, 5.74) is 1.24. The second-order valence-corrected chi connectivity index (χ2v) is 3.26. The first-order valence-electron chi connectivity index (χ1n) is 4.27. The maximum Gasteiger partial charge on any atom is 0.166 e. The van der Waals surface area contributed by atoms with Gasteiger partial charge in [0, 0.05) is 7.05 Å². The molecule has 1 rings (SSSR count). The number of nitrogens with one attached hydrogen (secondary N) is 2. The van der Waals surface area contributed by atoms with Crippen LogP contribution in [-0.4, -0.2) is 12.2 Å². The summed E-state index contributed by atoms with van der Waals surface area (Å²) in [5.74, 6) is 0. The minimum absolute atomic E-state index is 0.251. The molecule has 0 amide bonds. The van der Waals surface area contributed by atoms with Gasteiger partial charge in [-0.25, -0.2) is 0 Å². The van der Waals surface area contributed by atoms with Crippen molar-refractivity contribution in [2.75, 3.05) is 7.05 Å². The van der Waals surface area contributed by atoms with Crippen LogP contribution in [0.15, 0.2) is 30.3 Å². The molecular formula is C10H14N2S. The molecule has 1 aromatic carbocycles. The van der Waals surface area contributed by atoms with Crippen LogP contribution in [0.1, 0.15) is 18.5 Å². The van der Waals surface area contributed by atoms with Gasteiger partial charge in [0.1, 0.15) is 0 Å². The van der Waals surface area contributed by atoms with Gasteiger partial charge in [-0.3, -0.25) is 0 Å². The van der Waals surface area contributed by atoms with Crippen LogP contribution in [0.4, 0.5) is 0 Å². The Morgan fingerprint density at radius 2 is 1.92 bits per heavy atom. The molecule has 0 spiro atoms. The monoisotopic (exact) mass is 194 g/mol. The normalized spacial score (nSPS) is 11.8. The van der Waals surface area contributed by atoms with E-state index in [1.54, 1.807) is 0 Å². The predicted molar refractivity (Wildman–Crippen MR) is 59.7 cm³/mol. The summed E-state index contributed by atoms with van der Waals surface area (Å²) >= 11 is 5.01. The molecule has 0 fully saturated rings. The first kappa shape index (κ1) is 9.99. The predicted octanol–water partition coefficient (Wildman–Crippen LogP) is 1.84. The minimum atomic E-state index is 0.251. The molecule has 0 bridgehead atoms. The topological polar surface area (TPSA) is 24.1 Å². The van der Waals surface area contributed by atoms with Gasteiger partial charge in [0.05, 0.1) is 6.04 Å². The van der Waals surface area contributed by atoms with E-state index in [-0.39, 0.29) is 6.04 Å². The molecule has 0 aliphatic carbocycles. The Bertz CT molecular complexity index is 272. The van der Waals surface area contributed by atoms with Crippen molar-refractivity contribution in [1.29, 1.82) is 0 Å². The Hall–Kier alpha value is -1.09. The van der Waals surface area contributed by atoms with E-state index >= 15 is 0 Å². The molecule has 1 aromatic rings. The fraction of sp³-hybridized carbons (Fsp3) is 0.300. The van der Waals surface area contributed by atoms with Crippen molar-refractivity contribution >= 4 is 17.3 Å². The van der Waals surface area contributed by atoms with Gasteiger partial charge in [-0.05, 0) is 24.7 Å². The summed E-state index contributed by atoms with van der Waals surface area (Å²) in [6.07, 6.45) is 0. The van der Waals surface area contributed by atoms with Crippen LogP contribution in [0, 0.1) is 0 Å². The second-order valence-electron chi connectivity index (χ2n) is 2.86. The fourth-order valence-corrected chi connectivity index (χ4v) is 1.27. The lowest BCUT2D eigenvalue weighted by molar-refractivity contribution is 0.709. The van der Waals surface area contributed by atoms with Crippen molar-refractivity contribution in [2.24, 2.45) is 0 Å². The van der Waals surface area contributed by atoms with Gasteiger partial charge in [0.25, 0.3) is 0 Å².